The molecule has 0 spiro atoms. The number of likely N-dealkylation sites (tertiary alicyclic amines) is 1. The van der Waals surface area contributed by atoms with Crippen LogP contribution in [0.15, 0.2) is 28.9 Å². The maximum Gasteiger partial charge on any atom is 0.328 e. The molecule has 2 N–H and O–H groups in total. The smallest absolute Gasteiger partial charge is 0.328 e. The van der Waals surface area contributed by atoms with E-state index in [9.17, 15) is 9.18 Å². The van der Waals surface area contributed by atoms with Crippen LogP contribution in [0.25, 0.3) is 0 Å². The average Bonchev–Trinajstić information content (AvgIpc) is 2.74. The number of fused-ring (bicyclic) bond motifs is 1. The number of aliphatic imine (C=N–C) groups is 1. The highest BCUT2D eigenvalue weighted by Crippen LogP contribution is 2.30. The largest absolute Gasteiger partial charge is 0.354 e. The van der Waals surface area contributed by atoms with Crippen molar-refractivity contribution in [2.24, 2.45) is 10.9 Å². The highest BCUT2D eigenvalue weighted by Gasteiger charge is 2.37. The number of pyridine rings is 1. The van der Waals surface area contributed by atoms with E-state index in [0.29, 0.717) is 18.9 Å². The van der Waals surface area contributed by atoms with Crippen molar-refractivity contribution in [3.63, 3.8) is 0 Å². The highest BCUT2D eigenvalue weighted by atomic mass is 19.1. The zero-order valence-electron chi connectivity index (χ0n) is 17.2. The number of halogens is 1. The molecule has 2 atom stereocenters. The molecule has 0 saturated carbocycles. The van der Waals surface area contributed by atoms with Crippen molar-refractivity contribution in [3.05, 3.63) is 35.3 Å². The van der Waals surface area contributed by atoms with Crippen LogP contribution in [0.5, 0.6) is 0 Å². The predicted molar refractivity (Wildman–Crippen MR) is 108 cm³/mol. The Bertz CT molecular complexity index is 893. The number of carbonyl (C=O) groups is 1. The van der Waals surface area contributed by atoms with Gasteiger partial charge in [-0.05, 0) is 25.5 Å². The lowest BCUT2D eigenvalue weighted by atomic mass is 9.89. The molecule has 160 valence electrons. The number of hydrogen-bond donors (Lipinski definition) is 2. The number of amidine groups is 1. The third-order valence-electron chi connectivity index (χ3n) is 5.13. The van der Waals surface area contributed by atoms with Gasteiger partial charge in [0.25, 0.3) is 0 Å². The topological polar surface area (TPSA) is 112 Å². The van der Waals surface area contributed by atoms with Gasteiger partial charge in [-0.1, -0.05) is 6.08 Å². The molecule has 0 bridgehead atoms. The van der Waals surface area contributed by atoms with Crippen molar-refractivity contribution < 1.29 is 18.7 Å². The van der Waals surface area contributed by atoms with Gasteiger partial charge in [0.2, 0.25) is 0 Å². The highest BCUT2D eigenvalue weighted by molar-refractivity contribution is 6.11. The molecule has 1 fully saturated rings. The Labute approximate surface area is 174 Å². The van der Waals surface area contributed by atoms with E-state index < -0.39 is 18.1 Å². The van der Waals surface area contributed by atoms with Crippen LogP contribution in [0.4, 0.5) is 15.0 Å². The molecule has 1 aromatic heterocycles. The Hall–Kier alpha value is -2.87. The summed E-state index contributed by atoms with van der Waals surface area (Å²) in [6, 6.07) is 1.93. The molecule has 0 aliphatic carbocycles. The first kappa shape index (κ1) is 21.8. The van der Waals surface area contributed by atoms with Crippen molar-refractivity contribution in [1.29, 1.82) is 5.26 Å². The Morgan fingerprint density at radius 3 is 2.87 bits per heavy atom. The third kappa shape index (κ3) is 4.48. The molecule has 2 amide bonds. The standard InChI is InChI=1S/C20H25FN6O3/c1-23-10-13-7-12-5-4-6-27(18(12)26-17(13)19(29-2)30-3)20(28)25-16-8-15(21)14(9-22)11-24-16/h7-8,11,13,17,19,23H,4-6,10H2,1-3H3,(H,24,25,28). The number of hydrogen-bond acceptors (Lipinski definition) is 7. The molecular formula is C20H25FN6O3. The van der Waals surface area contributed by atoms with Gasteiger partial charge >= 0.3 is 6.03 Å². The molecule has 2 aliphatic heterocycles. The minimum Gasteiger partial charge on any atom is -0.354 e. The van der Waals surface area contributed by atoms with E-state index in [1.165, 1.54) is 4.90 Å². The summed E-state index contributed by atoms with van der Waals surface area (Å²) >= 11 is 0. The lowest BCUT2D eigenvalue weighted by Gasteiger charge is -2.38. The van der Waals surface area contributed by atoms with Crippen molar-refractivity contribution in [1.82, 2.24) is 15.2 Å². The zero-order chi connectivity index (χ0) is 21.7. The number of rotatable bonds is 6. The number of anilines is 1. The molecule has 0 aromatic carbocycles. The summed E-state index contributed by atoms with van der Waals surface area (Å²) in [6.07, 6.45) is 4.24. The summed E-state index contributed by atoms with van der Waals surface area (Å²) in [7, 11) is 4.98. The normalized spacial score (nSPS) is 20.9. The lowest BCUT2D eigenvalue weighted by molar-refractivity contribution is -0.122. The zero-order valence-corrected chi connectivity index (χ0v) is 17.2. The first-order chi connectivity index (χ1) is 14.5. The number of piperidine rings is 1. The molecular weight excluding hydrogens is 391 g/mol. The second-order valence-corrected chi connectivity index (χ2v) is 7.04. The molecule has 30 heavy (non-hydrogen) atoms. The fraction of sp³-hybridized carbons (Fsp3) is 0.500. The lowest BCUT2D eigenvalue weighted by Crippen LogP contribution is -2.49. The molecule has 0 radical (unpaired) electrons. The number of nitrogens with one attached hydrogen (secondary N) is 2. The van der Waals surface area contributed by atoms with Crippen molar-refractivity contribution in [3.8, 4) is 6.07 Å². The molecule has 2 unspecified atom stereocenters. The van der Waals surface area contributed by atoms with Crippen molar-refractivity contribution >= 4 is 17.7 Å². The maximum absolute atomic E-state index is 13.9. The number of amides is 2. The van der Waals surface area contributed by atoms with Gasteiger partial charge in [-0.15, -0.1) is 0 Å². The van der Waals surface area contributed by atoms with Gasteiger partial charge in [0.05, 0.1) is 6.20 Å². The monoisotopic (exact) mass is 416 g/mol. The van der Waals surface area contributed by atoms with Gasteiger partial charge < -0.3 is 14.8 Å². The quantitative estimate of drug-likeness (QED) is 0.685. The third-order valence-corrected chi connectivity index (χ3v) is 5.13. The summed E-state index contributed by atoms with van der Waals surface area (Å²) in [5.41, 5.74) is 0.800. The summed E-state index contributed by atoms with van der Waals surface area (Å²) in [6.45, 7) is 1.16. The summed E-state index contributed by atoms with van der Waals surface area (Å²) in [4.78, 5) is 23.2. The second kappa shape index (κ2) is 9.75. The van der Waals surface area contributed by atoms with Gasteiger partial charge in [-0.3, -0.25) is 15.2 Å². The minimum atomic E-state index is -0.741. The Morgan fingerprint density at radius 1 is 1.47 bits per heavy atom. The Balaban J connectivity index is 1.85. The predicted octanol–water partition coefficient (Wildman–Crippen LogP) is 1.88. The van der Waals surface area contributed by atoms with E-state index in [0.717, 1.165) is 30.7 Å². The van der Waals surface area contributed by atoms with Gasteiger partial charge in [-0.2, -0.15) is 5.26 Å². The van der Waals surface area contributed by atoms with Crippen LogP contribution in [0.2, 0.25) is 0 Å². The fourth-order valence-electron chi connectivity index (χ4n) is 3.73. The minimum absolute atomic E-state index is 0.0280. The number of aromatic nitrogens is 1. The van der Waals surface area contributed by atoms with Gasteiger partial charge in [0.15, 0.2) is 6.29 Å². The van der Waals surface area contributed by atoms with E-state index in [-0.39, 0.29) is 23.3 Å². The van der Waals surface area contributed by atoms with E-state index in [4.69, 9.17) is 19.7 Å². The van der Waals surface area contributed by atoms with E-state index >= 15 is 0 Å². The summed E-state index contributed by atoms with van der Waals surface area (Å²) in [5.74, 6) is -0.101. The SMILES string of the molecule is CNCC1C=C2CCCN(C(=O)Nc3cc(F)c(C#N)cn3)C2=NC1C(OC)OC. The maximum atomic E-state index is 13.9. The van der Waals surface area contributed by atoms with Gasteiger partial charge in [-0.25, -0.2) is 14.2 Å². The first-order valence-corrected chi connectivity index (χ1v) is 9.65. The van der Waals surface area contributed by atoms with Crippen LogP contribution in [0.3, 0.4) is 0 Å². The van der Waals surface area contributed by atoms with E-state index in [2.05, 4.69) is 21.7 Å². The fourth-order valence-corrected chi connectivity index (χ4v) is 3.73. The Morgan fingerprint density at radius 2 is 2.23 bits per heavy atom. The summed E-state index contributed by atoms with van der Waals surface area (Å²) in [5, 5.41) is 14.6. The van der Waals surface area contributed by atoms with E-state index in [1.807, 2.05) is 7.05 Å². The van der Waals surface area contributed by atoms with Crippen LogP contribution in [-0.2, 0) is 9.47 Å². The molecule has 3 heterocycles. The van der Waals surface area contributed by atoms with Crippen molar-refractivity contribution in [2.75, 3.05) is 39.7 Å². The molecule has 1 aromatic rings. The molecule has 10 heteroatoms. The second-order valence-electron chi connectivity index (χ2n) is 7.04. The van der Waals surface area contributed by atoms with Crippen LogP contribution in [-0.4, -0.2) is 68.4 Å². The van der Waals surface area contributed by atoms with Crippen LogP contribution >= 0.6 is 0 Å². The Kier molecular flexibility index (Phi) is 7.10. The number of ether oxygens (including phenoxy) is 2. The van der Waals surface area contributed by atoms with Crippen LogP contribution in [0.1, 0.15) is 18.4 Å². The number of carbonyl (C=O) groups excluding carboxylic acids is 1. The van der Waals surface area contributed by atoms with Crippen molar-refractivity contribution in [2.45, 2.75) is 25.2 Å². The number of urea groups is 1. The van der Waals surface area contributed by atoms with Crippen LogP contribution in [0, 0.1) is 23.1 Å². The molecule has 3 rings (SSSR count). The average molecular weight is 416 g/mol. The van der Waals surface area contributed by atoms with Gasteiger partial charge in [0, 0.05) is 39.3 Å². The van der Waals surface area contributed by atoms with Gasteiger partial charge in [0.1, 0.15) is 35.1 Å². The van der Waals surface area contributed by atoms with E-state index in [1.54, 1.807) is 20.3 Å². The summed E-state index contributed by atoms with van der Waals surface area (Å²) < 4.78 is 24.7. The molecule has 9 nitrogen and oxygen atoms in total. The number of methoxy groups -OCH3 is 2. The number of nitriles is 1. The number of dihydropyridines is 1. The molecule has 2 aliphatic rings. The van der Waals surface area contributed by atoms with Crippen LogP contribution < -0.4 is 10.6 Å². The first-order valence-electron chi connectivity index (χ1n) is 9.65. The number of nitrogens with zero attached hydrogens (tertiary/aromatic N) is 4. The molecule has 1 saturated heterocycles.